The fourth-order valence-corrected chi connectivity index (χ4v) is 5.02. The van der Waals surface area contributed by atoms with Gasteiger partial charge in [-0.2, -0.15) is 4.31 Å². The van der Waals surface area contributed by atoms with Crippen molar-refractivity contribution < 1.29 is 17.6 Å². The third-order valence-electron chi connectivity index (χ3n) is 5.10. The first-order valence-electron chi connectivity index (χ1n) is 9.23. The van der Waals surface area contributed by atoms with Crippen LogP contribution in [0.1, 0.15) is 25.7 Å². The van der Waals surface area contributed by atoms with Crippen LogP contribution in [-0.4, -0.2) is 74.2 Å². The smallest absolute Gasteiger partial charge is 0.246 e. The second kappa shape index (κ2) is 8.45. The summed E-state index contributed by atoms with van der Waals surface area (Å²) in [4.78, 5) is 16.1. The molecule has 0 N–H and O–H groups in total. The van der Waals surface area contributed by atoms with Gasteiger partial charge in [-0.05, 0) is 25.0 Å². The average Bonchev–Trinajstić information content (AvgIpc) is 2.92. The van der Waals surface area contributed by atoms with Gasteiger partial charge >= 0.3 is 0 Å². The molecule has 2 heterocycles. The number of likely N-dealkylation sites (tertiary alicyclic amines) is 1. The van der Waals surface area contributed by atoms with E-state index in [1.54, 1.807) is 0 Å². The number of carbonyl (C=O) groups is 1. The van der Waals surface area contributed by atoms with Crippen molar-refractivity contribution >= 4 is 15.9 Å². The van der Waals surface area contributed by atoms with Crippen molar-refractivity contribution in [2.45, 2.75) is 30.6 Å². The van der Waals surface area contributed by atoms with Gasteiger partial charge in [-0.1, -0.05) is 25.0 Å². The lowest BCUT2D eigenvalue weighted by molar-refractivity contribution is -0.132. The summed E-state index contributed by atoms with van der Waals surface area (Å²) in [6.45, 7) is 3.46. The Kier molecular flexibility index (Phi) is 6.26. The predicted molar refractivity (Wildman–Crippen MR) is 96.6 cm³/mol. The SMILES string of the molecule is O=C(CN1CCN(S(=O)(=O)c2ccccc2F)CC1)N1CCCCCC1. The van der Waals surface area contributed by atoms with Crippen LogP contribution in [0.5, 0.6) is 0 Å². The largest absolute Gasteiger partial charge is 0.342 e. The zero-order chi connectivity index (χ0) is 18.6. The van der Waals surface area contributed by atoms with Crippen molar-refractivity contribution in [1.82, 2.24) is 14.1 Å². The Balaban J connectivity index is 1.55. The normalized spacial score (nSPS) is 20.7. The van der Waals surface area contributed by atoms with Gasteiger partial charge in [0.25, 0.3) is 0 Å². The molecule has 0 atom stereocenters. The molecule has 0 aliphatic carbocycles. The maximum absolute atomic E-state index is 13.9. The fourth-order valence-electron chi connectivity index (χ4n) is 3.53. The number of hydrogen-bond acceptors (Lipinski definition) is 4. The highest BCUT2D eigenvalue weighted by atomic mass is 32.2. The van der Waals surface area contributed by atoms with Crippen molar-refractivity contribution in [2.24, 2.45) is 0 Å². The van der Waals surface area contributed by atoms with Gasteiger partial charge in [0.1, 0.15) is 10.7 Å². The van der Waals surface area contributed by atoms with Crippen LogP contribution in [0.4, 0.5) is 4.39 Å². The molecule has 144 valence electrons. The third-order valence-corrected chi connectivity index (χ3v) is 7.04. The highest BCUT2D eigenvalue weighted by Crippen LogP contribution is 2.20. The first-order chi connectivity index (χ1) is 12.5. The van der Waals surface area contributed by atoms with Crippen LogP contribution in [-0.2, 0) is 14.8 Å². The molecule has 2 aliphatic heterocycles. The van der Waals surface area contributed by atoms with Crippen LogP contribution in [0.15, 0.2) is 29.2 Å². The van der Waals surface area contributed by atoms with Gasteiger partial charge < -0.3 is 4.90 Å². The van der Waals surface area contributed by atoms with Crippen LogP contribution in [0.3, 0.4) is 0 Å². The average molecular weight is 383 g/mol. The molecule has 1 amide bonds. The van der Waals surface area contributed by atoms with Crippen molar-refractivity contribution in [2.75, 3.05) is 45.8 Å². The predicted octanol–water partition coefficient (Wildman–Crippen LogP) is 1.53. The van der Waals surface area contributed by atoms with E-state index in [4.69, 9.17) is 0 Å². The highest BCUT2D eigenvalue weighted by molar-refractivity contribution is 7.89. The number of piperazine rings is 1. The molecule has 0 radical (unpaired) electrons. The minimum Gasteiger partial charge on any atom is -0.342 e. The Morgan fingerprint density at radius 2 is 1.54 bits per heavy atom. The van der Waals surface area contributed by atoms with E-state index < -0.39 is 15.8 Å². The van der Waals surface area contributed by atoms with Crippen LogP contribution < -0.4 is 0 Å². The van der Waals surface area contributed by atoms with Gasteiger partial charge in [0.05, 0.1) is 6.54 Å². The summed E-state index contributed by atoms with van der Waals surface area (Å²) in [7, 11) is -3.83. The molecule has 2 fully saturated rings. The molecule has 0 spiro atoms. The Morgan fingerprint density at radius 1 is 0.923 bits per heavy atom. The quantitative estimate of drug-likeness (QED) is 0.791. The lowest BCUT2D eigenvalue weighted by Crippen LogP contribution is -2.51. The highest BCUT2D eigenvalue weighted by Gasteiger charge is 2.31. The van der Waals surface area contributed by atoms with Crippen LogP contribution in [0.25, 0.3) is 0 Å². The van der Waals surface area contributed by atoms with Gasteiger partial charge in [-0.3, -0.25) is 9.69 Å². The Labute approximate surface area is 154 Å². The number of amides is 1. The summed E-state index contributed by atoms with van der Waals surface area (Å²) in [5, 5.41) is 0. The maximum atomic E-state index is 13.9. The molecule has 6 nitrogen and oxygen atoms in total. The molecular formula is C18H26FN3O3S. The fraction of sp³-hybridized carbons (Fsp3) is 0.611. The van der Waals surface area contributed by atoms with E-state index >= 15 is 0 Å². The van der Waals surface area contributed by atoms with Gasteiger partial charge in [0.15, 0.2) is 0 Å². The van der Waals surface area contributed by atoms with Gasteiger partial charge in [0.2, 0.25) is 15.9 Å². The van der Waals surface area contributed by atoms with E-state index in [2.05, 4.69) is 0 Å². The molecule has 8 heteroatoms. The van der Waals surface area contributed by atoms with E-state index in [1.807, 2.05) is 9.80 Å². The van der Waals surface area contributed by atoms with Crippen LogP contribution in [0.2, 0.25) is 0 Å². The zero-order valence-corrected chi connectivity index (χ0v) is 15.8. The molecule has 26 heavy (non-hydrogen) atoms. The zero-order valence-electron chi connectivity index (χ0n) is 14.9. The number of sulfonamides is 1. The number of halogens is 1. The van der Waals surface area contributed by atoms with Crippen molar-refractivity contribution in [3.8, 4) is 0 Å². The van der Waals surface area contributed by atoms with E-state index in [9.17, 15) is 17.6 Å². The van der Waals surface area contributed by atoms with Crippen LogP contribution in [0, 0.1) is 5.82 Å². The number of carbonyl (C=O) groups excluding carboxylic acids is 1. The van der Waals surface area contributed by atoms with E-state index in [-0.39, 0.29) is 23.9 Å². The third kappa shape index (κ3) is 4.42. The lowest BCUT2D eigenvalue weighted by atomic mass is 10.2. The van der Waals surface area contributed by atoms with E-state index in [1.165, 1.54) is 35.3 Å². The molecule has 1 aromatic carbocycles. The monoisotopic (exact) mass is 383 g/mol. The number of hydrogen-bond donors (Lipinski definition) is 0. The molecule has 0 saturated carbocycles. The molecule has 2 aliphatic rings. The molecule has 0 bridgehead atoms. The maximum Gasteiger partial charge on any atom is 0.246 e. The van der Waals surface area contributed by atoms with Gasteiger partial charge in [-0.15, -0.1) is 0 Å². The summed E-state index contributed by atoms with van der Waals surface area (Å²) in [6.07, 6.45) is 4.47. The standard InChI is InChI=1S/C18H26FN3O3S/c19-16-7-3-4-8-17(16)26(24,25)22-13-11-20(12-14-22)15-18(23)21-9-5-1-2-6-10-21/h3-4,7-8H,1-2,5-6,9-15H2. The lowest BCUT2D eigenvalue weighted by Gasteiger charge is -2.34. The Hall–Kier alpha value is -1.51. The summed E-state index contributed by atoms with van der Waals surface area (Å²) in [5.74, 6) is -0.608. The molecule has 0 unspecified atom stereocenters. The first-order valence-corrected chi connectivity index (χ1v) is 10.7. The first kappa shape index (κ1) is 19.3. The van der Waals surface area contributed by atoms with E-state index in [0.717, 1.165) is 32.0 Å². The molecule has 3 rings (SSSR count). The second-order valence-electron chi connectivity index (χ2n) is 6.91. The summed E-state index contributed by atoms with van der Waals surface area (Å²) >= 11 is 0. The minimum atomic E-state index is -3.83. The number of rotatable bonds is 4. The summed E-state index contributed by atoms with van der Waals surface area (Å²) in [6, 6.07) is 5.44. The van der Waals surface area contributed by atoms with Gasteiger partial charge in [-0.25, -0.2) is 12.8 Å². The van der Waals surface area contributed by atoms with Crippen molar-refractivity contribution in [3.63, 3.8) is 0 Å². The Morgan fingerprint density at radius 3 is 2.15 bits per heavy atom. The molecular weight excluding hydrogens is 357 g/mol. The number of nitrogens with zero attached hydrogens (tertiary/aromatic N) is 3. The van der Waals surface area contributed by atoms with Gasteiger partial charge in [0, 0.05) is 39.3 Å². The van der Waals surface area contributed by atoms with Crippen molar-refractivity contribution in [3.05, 3.63) is 30.1 Å². The molecule has 0 aromatic heterocycles. The molecule has 1 aromatic rings. The molecule has 2 saturated heterocycles. The van der Waals surface area contributed by atoms with E-state index in [0.29, 0.717) is 19.6 Å². The summed E-state index contributed by atoms with van der Waals surface area (Å²) in [5.41, 5.74) is 0. The Bertz CT molecular complexity index is 725. The number of benzene rings is 1. The second-order valence-corrected chi connectivity index (χ2v) is 8.81. The van der Waals surface area contributed by atoms with Crippen molar-refractivity contribution in [1.29, 1.82) is 0 Å². The van der Waals surface area contributed by atoms with Crippen LogP contribution >= 0.6 is 0 Å². The minimum absolute atomic E-state index is 0.123. The summed E-state index contributed by atoms with van der Waals surface area (Å²) < 4.78 is 40.4. The topological polar surface area (TPSA) is 60.9 Å².